The fraction of sp³-hybridized carbons (Fsp3) is 0. The number of aromatic carboxylic acids is 1. The van der Waals surface area contributed by atoms with Gasteiger partial charge in [-0.25, -0.2) is 13.3 Å². The van der Waals surface area contributed by atoms with Crippen LogP contribution in [0.2, 0.25) is 4.34 Å². The number of carbonyl (C=O) groups is 1. The maximum atomic E-state index is 11.9. The van der Waals surface area contributed by atoms with Crippen LogP contribution < -0.4 is 4.31 Å². The van der Waals surface area contributed by atoms with Crippen molar-refractivity contribution in [2.45, 2.75) is 0 Å². The summed E-state index contributed by atoms with van der Waals surface area (Å²) in [5, 5.41) is 19.2. The maximum absolute atomic E-state index is 11.9. The molecule has 0 bridgehead atoms. The molecule has 26 heavy (non-hydrogen) atoms. The highest BCUT2D eigenvalue weighted by Gasteiger charge is 2.22. The summed E-state index contributed by atoms with van der Waals surface area (Å²) in [7, 11) is 0. The van der Waals surface area contributed by atoms with Gasteiger partial charge in [-0.1, -0.05) is 17.7 Å². The number of benzene rings is 1. The average Bonchev–Trinajstić information content (AvgIpc) is 2.96. The summed E-state index contributed by atoms with van der Waals surface area (Å²) in [4.78, 5) is 15.0. The standard InChI is InChI=1S/C16H11ClN2O5S2/c17-15-12(9-2-1-5-18-8-9)7-14(25-15)19(26(23)24)10-3-4-11(16(21)22)13(20)6-10/h1-8,20H,(H,21,22)(H,23,24). The van der Waals surface area contributed by atoms with Gasteiger partial charge in [-0.2, -0.15) is 0 Å². The molecule has 0 amide bonds. The maximum Gasteiger partial charge on any atom is 0.339 e. The second-order valence-electron chi connectivity index (χ2n) is 5.05. The second-order valence-corrected chi connectivity index (χ2v) is 7.50. The second kappa shape index (κ2) is 7.42. The molecule has 134 valence electrons. The molecule has 2 aromatic heterocycles. The van der Waals surface area contributed by atoms with Crippen LogP contribution in [0.25, 0.3) is 11.1 Å². The van der Waals surface area contributed by atoms with Crippen LogP contribution in [-0.4, -0.2) is 29.9 Å². The number of aromatic nitrogens is 1. The molecule has 1 unspecified atom stereocenters. The van der Waals surface area contributed by atoms with E-state index in [1.807, 2.05) is 0 Å². The third kappa shape index (κ3) is 3.56. The van der Waals surface area contributed by atoms with Crippen molar-refractivity contribution in [3.05, 3.63) is 58.7 Å². The number of carboxylic acids is 1. The zero-order chi connectivity index (χ0) is 18.8. The summed E-state index contributed by atoms with van der Waals surface area (Å²) in [5.74, 6) is -1.82. The number of phenols is 1. The van der Waals surface area contributed by atoms with Gasteiger partial charge in [0.1, 0.15) is 20.7 Å². The molecule has 0 radical (unpaired) electrons. The van der Waals surface area contributed by atoms with E-state index in [4.69, 9.17) is 16.7 Å². The van der Waals surface area contributed by atoms with Crippen molar-refractivity contribution < 1.29 is 23.8 Å². The smallest absolute Gasteiger partial charge is 0.339 e. The Morgan fingerprint density at radius 3 is 2.62 bits per heavy atom. The van der Waals surface area contributed by atoms with Crippen LogP contribution >= 0.6 is 22.9 Å². The highest BCUT2D eigenvalue weighted by Crippen LogP contribution is 2.43. The number of rotatable bonds is 5. The van der Waals surface area contributed by atoms with E-state index in [0.717, 1.165) is 33.3 Å². The van der Waals surface area contributed by atoms with Crippen molar-refractivity contribution in [3.63, 3.8) is 0 Å². The molecule has 10 heteroatoms. The first-order chi connectivity index (χ1) is 12.4. The van der Waals surface area contributed by atoms with Crippen LogP contribution in [0.5, 0.6) is 5.75 Å². The van der Waals surface area contributed by atoms with Crippen molar-refractivity contribution in [1.82, 2.24) is 4.98 Å². The predicted molar refractivity (Wildman–Crippen MR) is 101 cm³/mol. The number of anilines is 2. The molecule has 0 spiro atoms. The molecular formula is C16H11ClN2O5S2. The van der Waals surface area contributed by atoms with Crippen molar-refractivity contribution in [3.8, 4) is 16.9 Å². The molecule has 7 nitrogen and oxygen atoms in total. The largest absolute Gasteiger partial charge is 0.507 e. The van der Waals surface area contributed by atoms with Crippen LogP contribution in [0.4, 0.5) is 10.7 Å². The first kappa shape index (κ1) is 18.3. The van der Waals surface area contributed by atoms with Gasteiger partial charge >= 0.3 is 5.97 Å². The van der Waals surface area contributed by atoms with E-state index in [-0.39, 0.29) is 11.3 Å². The van der Waals surface area contributed by atoms with Gasteiger partial charge in [-0.15, -0.1) is 11.3 Å². The van der Waals surface area contributed by atoms with Crippen LogP contribution in [0.1, 0.15) is 10.4 Å². The molecule has 1 aromatic carbocycles. The van der Waals surface area contributed by atoms with Crippen LogP contribution in [0.15, 0.2) is 48.8 Å². The Labute approximate surface area is 159 Å². The molecule has 0 saturated carbocycles. The molecule has 3 rings (SSSR count). The summed E-state index contributed by atoms with van der Waals surface area (Å²) in [5.41, 5.74) is 1.22. The predicted octanol–water partition coefficient (Wildman–Crippen LogP) is 4.14. The summed E-state index contributed by atoms with van der Waals surface area (Å²) in [6, 6.07) is 8.76. The lowest BCUT2D eigenvalue weighted by atomic mass is 10.1. The van der Waals surface area contributed by atoms with E-state index in [0.29, 0.717) is 14.9 Å². The number of carboxylic acid groups (broad SMARTS) is 1. The lowest BCUT2D eigenvalue weighted by molar-refractivity contribution is 0.0694. The third-order valence-electron chi connectivity index (χ3n) is 3.45. The van der Waals surface area contributed by atoms with Crippen molar-refractivity contribution in [2.75, 3.05) is 4.31 Å². The highest BCUT2D eigenvalue weighted by atomic mass is 35.5. The number of aromatic hydroxyl groups is 1. The van der Waals surface area contributed by atoms with Gasteiger partial charge in [0.25, 0.3) is 11.3 Å². The first-order valence-electron chi connectivity index (χ1n) is 7.05. The van der Waals surface area contributed by atoms with Crippen molar-refractivity contribution >= 4 is 50.9 Å². The molecular weight excluding hydrogens is 400 g/mol. The summed E-state index contributed by atoms with van der Waals surface area (Å²) in [6.45, 7) is 0. The van der Waals surface area contributed by atoms with Crippen LogP contribution in [0.3, 0.4) is 0 Å². The first-order valence-corrected chi connectivity index (χ1v) is 9.31. The monoisotopic (exact) mass is 410 g/mol. The Morgan fingerprint density at radius 1 is 1.27 bits per heavy atom. The van der Waals surface area contributed by atoms with Gasteiger partial charge < -0.3 is 10.2 Å². The topological polar surface area (TPSA) is 111 Å². The Hall–Kier alpha value is -2.46. The molecule has 3 aromatic rings. The Bertz CT molecular complexity index is 994. The van der Waals surface area contributed by atoms with Gasteiger partial charge in [0.15, 0.2) is 0 Å². The minimum atomic E-state index is -2.47. The number of pyridine rings is 1. The number of hydrogen-bond acceptors (Lipinski definition) is 5. The highest BCUT2D eigenvalue weighted by molar-refractivity contribution is 7.81. The molecule has 3 N–H and O–H groups in total. The lowest BCUT2D eigenvalue weighted by Crippen LogP contribution is -2.18. The zero-order valence-corrected chi connectivity index (χ0v) is 15.3. The van der Waals surface area contributed by atoms with Crippen molar-refractivity contribution in [1.29, 1.82) is 0 Å². The van der Waals surface area contributed by atoms with E-state index < -0.39 is 23.0 Å². The number of thiophene rings is 1. The Morgan fingerprint density at radius 2 is 2.04 bits per heavy atom. The number of halogens is 1. The number of hydrogen-bond donors (Lipinski definition) is 3. The molecule has 0 aliphatic carbocycles. The molecule has 2 heterocycles. The normalized spacial score (nSPS) is 11.9. The van der Waals surface area contributed by atoms with E-state index in [1.165, 1.54) is 6.07 Å². The van der Waals surface area contributed by atoms with Gasteiger partial charge in [0.05, 0.1) is 5.69 Å². The summed E-state index contributed by atoms with van der Waals surface area (Å²) >= 11 is 4.87. The Balaban J connectivity index is 2.06. The molecule has 1 atom stereocenters. The fourth-order valence-electron chi connectivity index (χ4n) is 2.30. The molecule has 0 fully saturated rings. The van der Waals surface area contributed by atoms with Gasteiger partial charge in [-0.3, -0.25) is 9.54 Å². The quantitative estimate of drug-likeness (QED) is 0.545. The van der Waals surface area contributed by atoms with Crippen molar-refractivity contribution in [2.24, 2.45) is 0 Å². The molecule has 0 aliphatic heterocycles. The minimum absolute atomic E-state index is 0.143. The lowest BCUT2D eigenvalue weighted by Gasteiger charge is -2.18. The average molecular weight is 411 g/mol. The van der Waals surface area contributed by atoms with E-state index in [1.54, 1.807) is 30.6 Å². The summed E-state index contributed by atoms with van der Waals surface area (Å²) in [6.07, 6.45) is 3.23. The SMILES string of the molecule is O=C(O)c1ccc(N(c2cc(-c3cccnc3)c(Cl)s2)S(=O)O)cc1O. The Kier molecular flexibility index (Phi) is 5.23. The van der Waals surface area contributed by atoms with Gasteiger partial charge in [-0.05, 0) is 24.3 Å². The fourth-order valence-corrected chi connectivity index (χ4v) is 4.34. The molecule has 0 saturated heterocycles. The van der Waals surface area contributed by atoms with E-state index >= 15 is 0 Å². The third-order valence-corrected chi connectivity index (χ3v) is 5.63. The zero-order valence-electron chi connectivity index (χ0n) is 12.9. The summed E-state index contributed by atoms with van der Waals surface area (Å²) < 4.78 is 23.0. The van der Waals surface area contributed by atoms with Crippen LogP contribution in [-0.2, 0) is 11.3 Å². The molecule has 0 aliphatic rings. The van der Waals surface area contributed by atoms with Gasteiger partial charge in [0, 0.05) is 29.6 Å². The minimum Gasteiger partial charge on any atom is -0.507 e. The van der Waals surface area contributed by atoms with E-state index in [9.17, 15) is 18.7 Å². The van der Waals surface area contributed by atoms with E-state index in [2.05, 4.69) is 4.98 Å². The number of nitrogens with zero attached hydrogens (tertiary/aromatic N) is 2. The van der Waals surface area contributed by atoms with Gasteiger partial charge in [0.2, 0.25) is 0 Å². The van der Waals surface area contributed by atoms with Crippen LogP contribution in [0, 0.1) is 0 Å².